The number of primary amides is 1. The lowest BCUT2D eigenvalue weighted by Crippen LogP contribution is -2.59. The number of likely N-dealkylation sites (N-methyl/N-ethyl adjacent to an activating group) is 1. The van der Waals surface area contributed by atoms with Crippen LogP contribution in [0, 0.1) is 6.92 Å². The van der Waals surface area contributed by atoms with E-state index in [9.17, 15) is 9.59 Å². The number of amides is 2. The predicted octanol–water partition coefficient (Wildman–Crippen LogP) is -0.775. The lowest BCUT2D eigenvalue weighted by molar-refractivity contribution is -0.124. The summed E-state index contributed by atoms with van der Waals surface area (Å²) in [6.45, 7) is 3.26. The van der Waals surface area contributed by atoms with Gasteiger partial charge >= 0.3 is 0 Å². The predicted molar refractivity (Wildman–Crippen MR) is 62.8 cm³/mol. The van der Waals surface area contributed by atoms with Gasteiger partial charge in [0.25, 0.3) is 5.91 Å². The Morgan fingerprint density at radius 2 is 2.22 bits per heavy atom. The highest BCUT2D eigenvalue weighted by atomic mass is 16.3. The molecule has 1 unspecified atom stereocenters. The molecule has 0 saturated carbocycles. The maximum Gasteiger partial charge on any atom is 0.276 e. The molecule has 7 heteroatoms. The number of nitrogens with zero attached hydrogens (tertiary/aromatic N) is 3. The molecule has 7 nitrogen and oxygen atoms in total. The Labute approximate surface area is 105 Å². The number of piperazine rings is 1. The summed E-state index contributed by atoms with van der Waals surface area (Å²) in [6.07, 6.45) is 1.30. The van der Waals surface area contributed by atoms with Crippen LogP contribution in [0.3, 0.4) is 0 Å². The SMILES string of the molecule is Cc1nc(C(=O)N2CCN(C)CC2C(N)=O)co1. The van der Waals surface area contributed by atoms with Gasteiger partial charge in [-0.05, 0) is 7.05 Å². The van der Waals surface area contributed by atoms with Crippen LogP contribution >= 0.6 is 0 Å². The van der Waals surface area contributed by atoms with E-state index in [1.807, 2.05) is 11.9 Å². The van der Waals surface area contributed by atoms with Crippen LogP contribution in [0.25, 0.3) is 0 Å². The van der Waals surface area contributed by atoms with E-state index < -0.39 is 11.9 Å². The van der Waals surface area contributed by atoms with Crippen molar-refractivity contribution in [3.63, 3.8) is 0 Å². The molecular formula is C11H16N4O3. The molecule has 1 saturated heterocycles. The number of carbonyl (C=O) groups excluding carboxylic acids is 2. The zero-order valence-corrected chi connectivity index (χ0v) is 10.4. The molecule has 2 N–H and O–H groups in total. The molecule has 0 bridgehead atoms. The summed E-state index contributed by atoms with van der Waals surface area (Å²) >= 11 is 0. The molecule has 2 heterocycles. The molecule has 1 aromatic rings. The summed E-state index contributed by atoms with van der Waals surface area (Å²) in [5.74, 6) is -0.401. The second kappa shape index (κ2) is 4.77. The maximum atomic E-state index is 12.2. The molecule has 1 fully saturated rings. The standard InChI is InChI=1S/C11H16N4O3/c1-7-13-8(6-18-7)11(17)15-4-3-14(2)5-9(15)10(12)16/h6,9H,3-5H2,1-2H3,(H2,12,16). The highest BCUT2D eigenvalue weighted by Crippen LogP contribution is 2.13. The monoisotopic (exact) mass is 252 g/mol. The van der Waals surface area contributed by atoms with Gasteiger partial charge in [0.1, 0.15) is 12.3 Å². The summed E-state index contributed by atoms with van der Waals surface area (Å²) in [6, 6.07) is -0.617. The summed E-state index contributed by atoms with van der Waals surface area (Å²) in [5.41, 5.74) is 5.55. The normalized spacial score (nSPS) is 21.0. The van der Waals surface area contributed by atoms with Crippen LogP contribution in [0.4, 0.5) is 0 Å². The molecule has 0 aliphatic carbocycles. The van der Waals surface area contributed by atoms with Crippen LogP contribution < -0.4 is 5.73 Å². The first-order valence-electron chi connectivity index (χ1n) is 5.70. The first-order valence-corrected chi connectivity index (χ1v) is 5.70. The van der Waals surface area contributed by atoms with Crippen LogP contribution in [0.5, 0.6) is 0 Å². The van der Waals surface area contributed by atoms with Gasteiger partial charge in [-0.15, -0.1) is 0 Å². The van der Waals surface area contributed by atoms with E-state index in [-0.39, 0.29) is 11.6 Å². The Kier molecular flexibility index (Phi) is 3.33. The van der Waals surface area contributed by atoms with Gasteiger partial charge in [-0.1, -0.05) is 0 Å². The Hall–Kier alpha value is -1.89. The van der Waals surface area contributed by atoms with Crippen molar-refractivity contribution in [2.75, 3.05) is 26.7 Å². The third-order valence-corrected chi connectivity index (χ3v) is 3.01. The summed E-state index contributed by atoms with van der Waals surface area (Å²) in [5, 5.41) is 0. The van der Waals surface area contributed by atoms with Crippen molar-refractivity contribution in [2.24, 2.45) is 5.73 Å². The van der Waals surface area contributed by atoms with E-state index in [1.165, 1.54) is 11.2 Å². The lowest BCUT2D eigenvalue weighted by atomic mass is 10.1. The van der Waals surface area contributed by atoms with Gasteiger partial charge < -0.3 is 20.0 Å². The van der Waals surface area contributed by atoms with Crippen LogP contribution in [0.1, 0.15) is 16.4 Å². The smallest absolute Gasteiger partial charge is 0.276 e. The largest absolute Gasteiger partial charge is 0.448 e. The van der Waals surface area contributed by atoms with E-state index in [4.69, 9.17) is 10.2 Å². The van der Waals surface area contributed by atoms with E-state index in [0.29, 0.717) is 25.5 Å². The summed E-state index contributed by atoms with van der Waals surface area (Å²) in [7, 11) is 1.89. The van der Waals surface area contributed by atoms with Gasteiger partial charge in [0.05, 0.1) is 0 Å². The molecule has 0 spiro atoms. The minimum atomic E-state index is -0.617. The highest BCUT2D eigenvalue weighted by Gasteiger charge is 2.34. The Balaban J connectivity index is 2.20. The number of oxazole rings is 1. The molecule has 1 atom stereocenters. The molecular weight excluding hydrogens is 236 g/mol. The van der Waals surface area contributed by atoms with E-state index in [1.54, 1.807) is 6.92 Å². The third kappa shape index (κ3) is 2.35. The van der Waals surface area contributed by atoms with Crippen LogP contribution in [0.15, 0.2) is 10.7 Å². The number of carbonyl (C=O) groups is 2. The highest BCUT2D eigenvalue weighted by molar-refractivity contribution is 5.95. The molecule has 18 heavy (non-hydrogen) atoms. The lowest BCUT2D eigenvalue weighted by Gasteiger charge is -2.37. The van der Waals surface area contributed by atoms with Crippen LogP contribution in [-0.2, 0) is 4.79 Å². The number of aryl methyl sites for hydroxylation is 1. The van der Waals surface area contributed by atoms with Crippen molar-refractivity contribution in [3.05, 3.63) is 17.8 Å². The average Bonchev–Trinajstić information content (AvgIpc) is 2.75. The first-order chi connectivity index (χ1) is 8.49. The van der Waals surface area contributed by atoms with Crippen molar-refractivity contribution >= 4 is 11.8 Å². The topological polar surface area (TPSA) is 92.7 Å². The molecule has 98 valence electrons. The Bertz CT molecular complexity index is 471. The van der Waals surface area contributed by atoms with Gasteiger partial charge in [0, 0.05) is 26.6 Å². The quantitative estimate of drug-likeness (QED) is 0.745. The van der Waals surface area contributed by atoms with Crippen molar-refractivity contribution in [1.82, 2.24) is 14.8 Å². The van der Waals surface area contributed by atoms with Gasteiger partial charge in [0.2, 0.25) is 5.91 Å². The van der Waals surface area contributed by atoms with E-state index in [0.717, 1.165) is 0 Å². The van der Waals surface area contributed by atoms with Crippen molar-refractivity contribution in [3.8, 4) is 0 Å². The molecule has 1 aromatic heterocycles. The van der Waals surface area contributed by atoms with E-state index >= 15 is 0 Å². The Morgan fingerprint density at radius 1 is 1.50 bits per heavy atom. The fourth-order valence-electron chi connectivity index (χ4n) is 2.01. The van der Waals surface area contributed by atoms with Gasteiger partial charge in [-0.3, -0.25) is 9.59 Å². The third-order valence-electron chi connectivity index (χ3n) is 3.01. The van der Waals surface area contributed by atoms with Gasteiger partial charge in [-0.2, -0.15) is 0 Å². The van der Waals surface area contributed by atoms with E-state index in [2.05, 4.69) is 4.98 Å². The van der Waals surface area contributed by atoms with Crippen molar-refractivity contribution < 1.29 is 14.0 Å². The van der Waals surface area contributed by atoms with Crippen molar-refractivity contribution in [2.45, 2.75) is 13.0 Å². The first kappa shape index (κ1) is 12.6. The molecule has 1 aliphatic rings. The molecule has 0 radical (unpaired) electrons. The number of hydrogen-bond donors (Lipinski definition) is 1. The Morgan fingerprint density at radius 3 is 2.78 bits per heavy atom. The average molecular weight is 252 g/mol. The number of nitrogens with two attached hydrogens (primary N) is 1. The summed E-state index contributed by atoms with van der Waals surface area (Å²) < 4.78 is 5.01. The minimum Gasteiger partial charge on any atom is -0.448 e. The summed E-state index contributed by atoms with van der Waals surface area (Å²) in [4.78, 5) is 31.0. The molecule has 1 aliphatic heterocycles. The zero-order valence-electron chi connectivity index (χ0n) is 10.4. The maximum absolute atomic E-state index is 12.2. The zero-order chi connectivity index (χ0) is 13.3. The van der Waals surface area contributed by atoms with Crippen molar-refractivity contribution in [1.29, 1.82) is 0 Å². The van der Waals surface area contributed by atoms with Gasteiger partial charge in [-0.25, -0.2) is 4.98 Å². The molecule has 2 amide bonds. The fourth-order valence-corrected chi connectivity index (χ4v) is 2.01. The number of hydrogen-bond acceptors (Lipinski definition) is 5. The van der Waals surface area contributed by atoms with Crippen LogP contribution in [0.2, 0.25) is 0 Å². The fraction of sp³-hybridized carbons (Fsp3) is 0.545. The second-order valence-electron chi connectivity index (χ2n) is 4.43. The molecule has 2 rings (SSSR count). The minimum absolute atomic E-state index is 0.211. The van der Waals surface area contributed by atoms with Gasteiger partial charge in [0.15, 0.2) is 11.6 Å². The number of aromatic nitrogens is 1. The second-order valence-corrected chi connectivity index (χ2v) is 4.43. The molecule has 0 aromatic carbocycles. The van der Waals surface area contributed by atoms with Crippen LogP contribution in [-0.4, -0.2) is 59.3 Å². The number of rotatable bonds is 2.